The number of rotatable bonds is 7. The molecule has 0 aromatic rings. The molecule has 0 radical (unpaired) electrons. The monoisotopic (exact) mass is 237 g/mol. The lowest BCUT2D eigenvalue weighted by Gasteiger charge is -2.21. The van der Waals surface area contributed by atoms with Crippen LogP contribution < -0.4 is 5.73 Å². The lowest BCUT2D eigenvalue weighted by atomic mass is 9.93. The predicted molar refractivity (Wildman–Crippen MR) is 71.5 cm³/mol. The molecule has 0 aromatic carbocycles. The van der Waals surface area contributed by atoms with E-state index >= 15 is 0 Å². The molecule has 0 amide bonds. The zero-order chi connectivity index (χ0) is 12.7. The molecule has 17 heavy (non-hydrogen) atoms. The molecule has 0 spiro atoms. The van der Waals surface area contributed by atoms with Crippen LogP contribution in [0.15, 0.2) is 0 Å². The molecule has 1 aliphatic rings. The number of likely N-dealkylation sites (tertiary alicyclic amines) is 1. The Morgan fingerprint density at radius 1 is 1.47 bits per heavy atom. The molecule has 0 aromatic heterocycles. The number of hydrogen-bond donors (Lipinski definition) is 1. The van der Waals surface area contributed by atoms with Crippen LogP contribution in [0.25, 0.3) is 0 Å². The Balaban J connectivity index is 2.18. The van der Waals surface area contributed by atoms with Crippen molar-refractivity contribution in [3.05, 3.63) is 0 Å². The van der Waals surface area contributed by atoms with Gasteiger partial charge in [0.15, 0.2) is 0 Å². The fourth-order valence-electron chi connectivity index (χ4n) is 2.69. The van der Waals surface area contributed by atoms with Crippen LogP contribution in [0.5, 0.6) is 0 Å². The van der Waals surface area contributed by atoms with Crippen LogP contribution in [0.3, 0.4) is 0 Å². The molecule has 0 aliphatic carbocycles. The maximum absolute atomic E-state index is 9.00. The lowest BCUT2D eigenvalue weighted by Crippen LogP contribution is -2.38. The van der Waals surface area contributed by atoms with Crippen molar-refractivity contribution in [2.75, 3.05) is 19.6 Å². The van der Waals surface area contributed by atoms with Gasteiger partial charge in [-0.2, -0.15) is 5.26 Å². The highest BCUT2D eigenvalue weighted by atomic mass is 15.1. The summed E-state index contributed by atoms with van der Waals surface area (Å²) < 4.78 is 0. The van der Waals surface area contributed by atoms with E-state index in [1.54, 1.807) is 0 Å². The average Bonchev–Trinajstić information content (AvgIpc) is 2.77. The lowest BCUT2D eigenvalue weighted by molar-refractivity contribution is 0.300. The first-order chi connectivity index (χ1) is 8.13. The Bertz CT molecular complexity index is 259. The normalized spacial score (nSPS) is 24.5. The summed E-state index contributed by atoms with van der Waals surface area (Å²) in [5.74, 6) is 0.907. The quantitative estimate of drug-likeness (QED) is 0.740. The largest absolute Gasteiger partial charge is 0.313 e. The van der Waals surface area contributed by atoms with E-state index in [0.29, 0.717) is 0 Å². The van der Waals surface area contributed by atoms with Crippen LogP contribution in [-0.4, -0.2) is 30.1 Å². The highest BCUT2D eigenvalue weighted by Crippen LogP contribution is 2.22. The summed E-state index contributed by atoms with van der Waals surface area (Å²) in [7, 11) is 0. The fourth-order valence-corrected chi connectivity index (χ4v) is 2.69. The van der Waals surface area contributed by atoms with Gasteiger partial charge in [0, 0.05) is 6.54 Å². The Hall–Kier alpha value is -0.590. The van der Waals surface area contributed by atoms with Crippen molar-refractivity contribution in [1.29, 1.82) is 5.26 Å². The summed E-state index contributed by atoms with van der Waals surface area (Å²) in [5.41, 5.74) is 5.38. The van der Waals surface area contributed by atoms with Crippen molar-refractivity contribution >= 4 is 0 Å². The minimum absolute atomic E-state index is 0.595. The van der Waals surface area contributed by atoms with Crippen LogP contribution in [0, 0.1) is 17.2 Å². The standard InChI is InChI=1S/C14H27N3/c1-3-6-13-7-10-17(11-13)9-5-8-14(16,4-2)12-15/h13H,3-11,16H2,1-2H3. The molecular formula is C14H27N3. The Kier molecular flexibility index (Phi) is 5.94. The molecule has 3 nitrogen and oxygen atoms in total. The average molecular weight is 237 g/mol. The van der Waals surface area contributed by atoms with Gasteiger partial charge in [-0.25, -0.2) is 0 Å². The zero-order valence-electron chi connectivity index (χ0n) is 11.4. The maximum atomic E-state index is 9.00. The van der Waals surface area contributed by atoms with Gasteiger partial charge < -0.3 is 10.6 Å². The van der Waals surface area contributed by atoms with Crippen LogP contribution in [0.4, 0.5) is 0 Å². The van der Waals surface area contributed by atoms with Gasteiger partial charge in [0.1, 0.15) is 5.54 Å². The molecule has 3 heteroatoms. The number of nitrogens with zero attached hydrogens (tertiary/aromatic N) is 2. The first kappa shape index (κ1) is 14.5. The second-order valence-electron chi connectivity index (χ2n) is 5.47. The van der Waals surface area contributed by atoms with Gasteiger partial charge in [0.2, 0.25) is 0 Å². The summed E-state index contributed by atoms with van der Waals surface area (Å²) in [6.45, 7) is 7.86. The Morgan fingerprint density at radius 2 is 2.24 bits per heavy atom. The van der Waals surface area contributed by atoms with Gasteiger partial charge in [-0.05, 0) is 51.1 Å². The third-order valence-corrected chi connectivity index (χ3v) is 4.02. The topological polar surface area (TPSA) is 53.0 Å². The van der Waals surface area contributed by atoms with E-state index < -0.39 is 5.54 Å². The fraction of sp³-hybridized carbons (Fsp3) is 0.929. The van der Waals surface area contributed by atoms with Gasteiger partial charge >= 0.3 is 0 Å². The van der Waals surface area contributed by atoms with E-state index in [4.69, 9.17) is 11.0 Å². The number of hydrogen-bond acceptors (Lipinski definition) is 3. The van der Waals surface area contributed by atoms with E-state index in [-0.39, 0.29) is 0 Å². The van der Waals surface area contributed by atoms with Crippen molar-refractivity contribution < 1.29 is 0 Å². The SMILES string of the molecule is CCCC1CCN(CCCC(N)(C#N)CC)C1. The number of nitrogens with two attached hydrogens (primary N) is 1. The van der Waals surface area contributed by atoms with Crippen molar-refractivity contribution in [2.45, 2.75) is 57.9 Å². The zero-order valence-corrected chi connectivity index (χ0v) is 11.4. The van der Waals surface area contributed by atoms with E-state index in [0.717, 1.165) is 31.7 Å². The highest BCUT2D eigenvalue weighted by molar-refractivity contribution is 5.03. The predicted octanol–water partition coefficient (Wildman–Crippen LogP) is 2.52. The molecule has 2 unspecified atom stereocenters. The van der Waals surface area contributed by atoms with Gasteiger partial charge in [0.25, 0.3) is 0 Å². The molecule has 0 bridgehead atoms. The van der Waals surface area contributed by atoms with E-state index in [1.807, 2.05) is 6.92 Å². The van der Waals surface area contributed by atoms with Crippen molar-refractivity contribution in [2.24, 2.45) is 11.7 Å². The number of nitriles is 1. The van der Waals surface area contributed by atoms with Crippen LogP contribution >= 0.6 is 0 Å². The van der Waals surface area contributed by atoms with Crippen molar-refractivity contribution in [3.8, 4) is 6.07 Å². The molecule has 2 atom stereocenters. The molecule has 1 rings (SSSR count). The molecule has 1 heterocycles. The smallest absolute Gasteiger partial charge is 0.104 e. The molecule has 1 saturated heterocycles. The minimum Gasteiger partial charge on any atom is -0.313 e. The summed E-state index contributed by atoms with van der Waals surface area (Å²) in [4.78, 5) is 2.54. The Morgan fingerprint density at radius 3 is 2.82 bits per heavy atom. The van der Waals surface area contributed by atoms with Crippen molar-refractivity contribution in [1.82, 2.24) is 4.90 Å². The minimum atomic E-state index is -0.595. The molecule has 98 valence electrons. The molecular weight excluding hydrogens is 210 g/mol. The van der Waals surface area contributed by atoms with Gasteiger partial charge in [-0.3, -0.25) is 0 Å². The van der Waals surface area contributed by atoms with Crippen LogP contribution in [0.2, 0.25) is 0 Å². The van der Waals surface area contributed by atoms with E-state index in [2.05, 4.69) is 17.9 Å². The molecule has 2 N–H and O–H groups in total. The first-order valence-electron chi connectivity index (χ1n) is 7.06. The molecule has 1 fully saturated rings. The van der Waals surface area contributed by atoms with E-state index in [1.165, 1.54) is 32.4 Å². The van der Waals surface area contributed by atoms with Gasteiger partial charge in [-0.1, -0.05) is 20.3 Å². The second-order valence-corrected chi connectivity index (χ2v) is 5.47. The van der Waals surface area contributed by atoms with Crippen LogP contribution in [0.1, 0.15) is 52.4 Å². The summed E-state index contributed by atoms with van der Waals surface area (Å²) >= 11 is 0. The van der Waals surface area contributed by atoms with Crippen LogP contribution in [-0.2, 0) is 0 Å². The first-order valence-corrected chi connectivity index (χ1v) is 7.06. The van der Waals surface area contributed by atoms with Gasteiger partial charge in [-0.15, -0.1) is 0 Å². The summed E-state index contributed by atoms with van der Waals surface area (Å²) in [5, 5.41) is 9.00. The third kappa shape index (κ3) is 4.65. The Labute approximate surface area is 106 Å². The van der Waals surface area contributed by atoms with Gasteiger partial charge in [0.05, 0.1) is 6.07 Å². The highest BCUT2D eigenvalue weighted by Gasteiger charge is 2.24. The summed E-state index contributed by atoms with van der Waals surface area (Å²) in [6, 6.07) is 2.24. The third-order valence-electron chi connectivity index (χ3n) is 4.02. The maximum Gasteiger partial charge on any atom is 0.104 e. The molecule has 0 saturated carbocycles. The van der Waals surface area contributed by atoms with Crippen molar-refractivity contribution in [3.63, 3.8) is 0 Å². The van der Waals surface area contributed by atoms with E-state index in [9.17, 15) is 0 Å². The summed E-state index contributed by atoms with van der Waals surface area (Å²) in [6.07, 6.45) is 6.65. The molecule has 1 aliphatic heterocycles. The second kappa shape index (κ2) is 6.98.